The Balaban J connectivity index is 2.56. The standard InChI is InChI=1S/C11H18O2/c1-8(2)3-4-9-7-10(12)5-6-11(9)13/h7-8,12-13H,3-6H2,1-2H3. The van der Waals surface area contributed by atoms with Crippen LogP contribution in [0.4, 0.5) is 0 Å². The zero-order valence-corrected chi connectivity index (χ0v) is 8.38. The van der Waals surface area contributed by atoms with Gasteiger partial charge in [-0.2, -0.15) is 0 Å². The number of aliphatic hydroxyl groups is 2. The molecule has 0 saturated heterocycles. The molecule has 0 atom stereocenters. The molecular formula is C11H18O2. The molecule has 1 aliphatic carbocycles. The fourth-order valence-corrected chi connectivity index (χ4v) is 1.42. The lowest BCUT2D eigenvalue weighted by Crippen LogP contribution is -2.00. The summed E-state index contributed by atoms with van der Waals surface area (Å²) in [5.74, 6) is 1.49. The molecule has 0 spiro atoms. The first-order valence-corrected chi connectivity index (χ1v) is 4.90. The third-order valence-corrected chi connectivity index (χ3v) is 2.32. The minimum absolute atomic E-state index is 0.400. The van der Waals surface area contributed by atoms with Crippen LogP contribution in [0.25, 0.3) is 0 Å². The Bertz CT molecular complexity index is 236. The van der Waals surface area contributed by atoms with Gasteiger partial charge in [-0.1, -0.05) is 13.8 Å². The van der Waals surface area contributed by atoms with Crippen molar-refractivity contribution < 1.29 is 10.2 Å². The number of hydrogen-bond acceptors (Lipinski definition) is 2. The van der Waals surface area contributed by atoms with Gasteiger partial charge in [-0.3, -0.25) is 0 Å². The van der Waals surface area contributed by atoms with E-state index in [9.17, 15) is 10.2 Å². The van der Waals surface area contributed by atoms with Crippen molar-refractivity contribution in [3.63, 3.8) is 0 Å². The Morgan fingerprint density at radius 2 is 2.00 bits per heavy atom. The minimum atomic E-state index is 0.400. The zero-order valence-electron chi connectivity index (χ0n) is 8.38. The monoisotopic (exact) mass is 182 g/mol. The number of aliphatic hydroxyl groups excluding tert-OH is 2. The van der Waals surface area contributed by atoms with Crippen molar-refractivity contribution in [2.75, 3.05) is 0 Å². The average molecular weight is 182 g/mol. The number of allylic oxidation sites excluding steroid dienone is 4. The lowest BCUT2D eigenvalue weighted by atomic mass is 9.96. The molecule has 0 aromatic rings. The normalized spacial score (nSPS) is 17.9. The van der Waals surface area contributed by atoms with Crippen LogP contribution in [-0.2, 0) is 0 Å². The topological polar surface area (TPSA) is 40.5 Å². The van der Waals surface area contributed by atoms with E-state index in [0.29, 0.717) is 30.3 Å². The van der Waals surface area contributed by atoms with Crippen molar-refractivity contribution in [1.29, 1.82) is 0 Å². The third-order valence-electron chi connectivity index (χ3n) is 2.32. The van der Waals surface area contributed by atoms with Crippen LogP contribution in [0, 0.1) is 5.92 Å². The van der Waals surface area contributed by atoms with Gasteiger partial charge >= 0.3 is 0 Å². The van der Waals surface area contributed by atoms with E-state index in [1.54, 1.807) is 6.08 Å². The molecule has 0 aromatic heterocycles. The Morgan fingerprint density at radius 3 is 2.62 bits per heavy atom. The van der Waals surface area contributed by atoms with Gasteiger partial charge < -0.3 is 10.2 Å². The first-order chi connectivity index (χ1) is 6.09. The van der Waals surface area contributed by atoms with Crippen molar-refractivity contribution in [3.8, 4) is 0 Å². The molecule has 0 radical (unpaired) electrons. The van der Waals surface area contributed by atoms with E-state index >= 15 is 0 Å². The predicted octanol–water partition coefficient (Wildman–Crippen LogP) is 3.47. The van der Waals surface area contributed by atoms with Crippen LogP contribution in [0.15, 0.2) is 23.2 Å². The van der Waals surface area contributed by atoms with E-state index in [1.807, 2.05) is 0 Å². The molecule has 1 aliphatic rings. The molecule has 0 fully saturated rings. The van der Waals surface area contributed by atoms with E-state index in [1.165, 1.54) is 0 Å². The second-order valence-corrected chi connectivity index (χ2v) is 4.04. The zero-order chi connectivity index (χ0) is 9.84. The Kier molecular flexibility index (Phi) is 3.40. The summed E-state index contributed by atoms with van der Waals surface area (Å²) in [4.78, 5) is 0. The van der Waals surface area contributed by atoms with Gasteiger partial charge in [0.25, 0.3) is 0 Å². The summed E-state index contributed by atoms with van der Waals surface area (Å²) >= 11 is 0. The molecule has 0 aliphatic heterocycles. The van der Waals surface area contributed by atoms with Crippen LogP contribution in [0.3, 0.4) is 0 Å². The Morgan fingerprint density at radius 1 is 1.31 bits per heavy atom. The first kappa shape index (κ1) is 10.2. The van der Waals surface area contributed by atoms with Crippen LogP contribution in [-0.4, -0.2) is 10.2 Å². The molecule has 0 saturated carbocycles. The fraction of sp³-hybridized carbons (Fsp3) is 0.636. The van der Waals surface area contributed by atoms with Crippen molar-refractivity contribution >= 4 is 0 Å². The molecular weight excluding hydrogens is 164 g/mol. The van der Waals surface area contributed by atoms with E-state index in [0.717, 1.165) is 18.4 Å². The van der Waals surface area contributed by atoms with Crippen LogP contribution < -0.4 is 0 Å². The highest BCUT2D eigenvalue weighted by atomic mass is 16.3. The van der Waals surface area contributed by atoms with Gasteiger partial charge in [0.05, 0.1) is 11.5 Å². The van der Waals surface area contributed by atoms with E-state index in [2.05, 4.69) is 13.8 Å². The van der Waals surface area contributed by atoms with Gasteiger partial charge in [0.2, 0.25) is 0 Å². The van der Waals surface area contributed by atoms with Crippen LogP contribution in [0.2, 0.25) is 0 Å². The Hall–Kier alpha value is -0.920. The maximum Gasteiger partial charge on any atom is 0.0960 e. The highest BCUT2D eigenvalue weighted by molar-refractivity contribution is 5.27. The van der Waals surface area contributed by atoms with E-state index in [-0.39, 0.29) is 0 Å². The molecule has 0 unspecified atom stereocenters. The maximum atomic E-state index is 9.52. The predicted molar refractivity (Wildman–Crippen MR) is 53.7 cm³/mol. The molecule has 2 nitrogen and oxygen atoms in total. The average Bonchev–Trinajstić information content (AvgIpc) is 2.06. The molecule has 0 aromatic carbocycles. The molecule has 0 heterocycles. The molecule has 13 heavy (non-hydrogen) atoms. The van der Waals surface area contributed by atoms with Crippen LogP contribution in [0.5, 0.6) is 0 Å². The number of rotatable bonds is 3. The summed E-state index contributed by atoms with van der Waals surface area (Å²) in [6.45, 7) is 4.31. The van der Waals surface area contributed by atoms with Crippen LogP contribution >= 0.6 is 0 Å². The van der Waals surface area contributed by atoms with Gasteiger partial charge in [-0.25, -0.2) is 0 Å². The summed E-state index contributed by atoms with van der Waals surface area (Å²) in [6, 6.07) is 0. The van der Waals surface area contributed by atoms with Crippen LogP contribution in [0.1, 0.15) is 39.5 Å². The number of hydrogen-bond donors (Lipinski definition) is 2. The van der Waals surface area contributed by atoms with Gasteiger partial charge in [0.15, 0.2) is 0 Å². The smallest absolute Gasteiger partial charge is 0.0960 e. The molecule has 74 valence electrons. The molecule has 0 bridgehead atoms. The molecule has 2 heteroatoms. The molecule has 2 N–H and O–H groups in total. The van der Waals surface area contributed by atoms with E-state index in [4.69, 9.17) is 0 Å². The van der Waals surface area contributed by atoms with Gasteiger partial charge in [0, 0.05) is 12.8 Å². The summed E-state index contributed by atoms with van der Waals surface area (Å²) in [5.41, 5.74) is 0.914. The highest BCUT2D eigenvalue weighted by Gasteiger charge is 2.11. The summed E-state index contributed by atoms with van der Waals surface area (Å²) in [7, 11) is 0. The summed E-state index contributed by atoms with van der Waals surface area (Å²) in [6.07, 6.45) is 4.81. The molecule has 0 amide bonds. The quantitative estimate of drug-likeness (QED) is 0.701. The summed E-state index contributed by atoms with van der Waals surface area (Å²) < 4.78 is 0. The second kappa shape index (κ2) is 4.35. The molecule has 1 rings (SSSR count). The highest BCUT2D eigenvalue weighted by Crippen LogP contribution is 2.25. The maximum absolute atomic E-state index is 9.52. The van der Waals surface area contributed by atoms with Crippen molar-refractivity contribution in [1.82, 2.24) is 0 Å². The lowest BCUT2D eigenvalue weighted by Gasteiger charge is -2.14. The van der Waals surface area contributed by atoms with Crippen molar-refractivity contribution in [2.24, 2.45) is 5.92 Å². The minimum Gasteiger partial charge on any atom is -0.512 e. The van der Waals surface area contributed by atoms with Gasteiger partial charge in [-0.05, 0) is 30.4 Å². The SMILES string of the molecule is CC(C)CCC1=C(O)CCC(O)=C1. The second-order valence-electron chi connectivity index (χ2n) is 4.04. The summed E-state index contributed by atoms with van der Waals surface area (Å²) in [5, 5.41) is 18.8. The van der Waals surface area contributed by atoms with E-state index < -0.39 is 0 Å². The third kappa shape index (κ3) is 3.13. The van der Waals surface area contributed by atoms with Gasteiger partial charge in [-0.15, -0.1) is 0 Å². The fourth-order valence-electron chi connectivity index (χ4n) is 1.42. The largest absolute Gasteiger partial charge is 0.512 e. The lowest BCUT2D eigenvalue weighted by molar-refractivity contribution is 0.335. The van der Waals surface area contributed by atoms with Gasteiger partial charge in [0.1, 0.15) is 0 Å². The first-order valence-electron chi connectivity index (χ1n) is 4.90. The van der Waals surface area contributed by atoms with Crippen molar-refractivity contribution in [3.05, 3.63) is 23.2 Å². The van der Waals surface area contributed by atoms with Crippen molar-refractivity contribution in [2.45, 2.75) is 39.5 Å². The Labute approximate surface area is 79.6 Å².